The molecule has 2 N–H and O–H groups in total. The zero-order valence-corrected chi connectivity index (χ0v) is 20.2. The van der Waals surface area contributed by atoms with Gasteiger partial charge in [0.25, 0.3) is 5.56 Å². The zero-order valence-electron chi connectivity index (χ0n) is 19.4. The molecule has 0 bridgehead atoms. The Labute approximate surface area is 196 Å². The molecule has 1 saturated heterocycles. The summed E-state index contributed by atoms with van der Waals surface area (Å²) in [6.07, 6.45) is 2.86. The van der Waals surface area contributed by atoms with Crippen LogP contribution < -0.4 is 5.56 Å². The number of thiazole rings is 1. The van der Waals surface area contributed by atoms with E-state index in [1.165, 1.54) is 34.2 Å². The minimum Gasteiger partial charge on any atom is -0.478 e. The van der Waals surface area contributed by atoms with E-state index in [2.05, 4.69) is 0 Å². The summed E-state index contributed by atoms with van der Waals surface area (Å²) >= 11 is 1.41. The number of rotatable bonds is 6. The van der Waals surface area contributed by atoms with Crippen LogP contribution in [0.5, 0.6) is 0 Å². The number of carboxylic acids is 1. The van der Waals surface area contributed by atoms with Crippen LogP contribution >= 0.6 is 11.3 Å². The topological polar surface area (TPSA) is 122 Å². The SMILES string of the molecule is Cc1nc([C@H]([C@H]2CCCN(C(=O)OC(C)(C)C)C2)n2cc(C(=O)O)ccc2=O)sc1CCO. The molecule has 9 nitrogen and oxygen atoms in total. The van der Waals surface area contributed by atoms with Crippen LogP contribution in [-0.2, 0) is 11.2 Å². The van der Waals surface area contributed by atoms with Gasteiger partial charge >= 0.3 is 12.1 Å². The number of pyridine rings is 1. The second kappa shape index (κ2) is 10.0. The molecule has 1 aliphatic rings. The van der Waals surface area contributed by atoms with Gasteiger partial charge in [-0.05, 0) is 46.6 Å². The molecule has 2 atom stereocenters. The number of aliphatic hydroxyl groups is 1. The maximum Gasteiger partial charge on any atom is 0.410 e. The lowest BCUT2D eigenvalue weighted by molar-refractivity contribution is 0.0143. The summed E-state index contributed by atoms with van der Waals surface area (Å²) in [5, 5.41) is 19.5. The molecule has 3 rings (SSSR count). The van der Waals surface area contributed by atoms with E-state index in [1.54, 1.807) is 4.90 Å². The molecule has 10 heteroatoms. The van der Waals surface area contributed by atoms with Gasteiger partial charge in [0, 0.05) is 49.2 Å². The lowest BCUT2D eigenvalue weighted by Crippen LogP contribution is -2.45. The third kappa shape index (κ3) is 6.00. The number of aryl methyl sites for hydroxylation is 1. The van der Waals surface area contributed by atoms with Gasteiger partial charge in [0.15, 0.2) is 0 Å². The minimum absolute atomic E-state index is 0.00303. The molecule has 180 valence electrons. The normalized spacial score (nSPS) is 17.6. The third-order valence-electron chi connectivity index (χ3n) is 5.54. The summed E-state index contributed by atoms with van der Waals surface area (Å²) in [5.41, 5.74) is -0.183. The molecule has 2 aromatic rings. The van der Waals surface area contributed by atoms with Crippen LogP contribution in [0.15, 0.2) is 23.1 Å². The molecule has 0 saturated carbocycles. The number of nitrogens with zero attached hydrogens (tertiary/aromatic N) is 3. The second-order valence-corrected chi connectivity index (χ2v) is 10.4. The fourth-order valence-corrected chi connectivity index (χ4v) is 5.31. The predicted octanol–water partition coefficient (Wildman–Crippen LogP) is 3.08. The van der Waals surface area contributed by atoms with Gasteiger partial charge < -0.3 is 24.4 Å². The highest BCUT2D eigenvalue weighted by molar-refractivity contribution is 7.11. The lowest BCUT2D eigenvalue weighted by atomic mass is 9.90. The van der Waals surface area contributed by atoms with Crippen molar-refractivity contribution in [2.24, 2.45) is 5.92 Å². The van der Waals surface area contributed by atoms with Crippen LogP contribution in [0.25, 0.3) is 0 Å². The number of carbonyl (C=O) groups excluding carboxylic acids is 1. The van der Waals surface area contributed by atoms with Gasteiger partial charge in [-0.2, -0.15) is 0 Å². The quantitative estimate of drug-likeness (QED) is 0.656. The molecule has 1 aliphatic heterocycles. The standard InChI is InChI=1S/C23H31N3O6S/c1-14-17(9-11-27)33-20(24-14)19(26-13-16(21(29)30)7-8-18(26)28)15-6-5-10-25(12-15)22(31)32-23(2,3)4/h7-8,13,15,19,27H,5-6,9-12H2,1-4H3,(H,29,30)/t15-,19-/m0/s1. The molecule has 0 radical (unpaired) electrons. The summed E-state index contributed by atoms with van der Waals surface area (Å²) in [7, 11) is 0. The van der Waals surface area contributed by atoms with Gasteiger partial charge in [0.05, 0.1) is 17.3 Å². The number of aliphatic hydroxyl groups excluding tert-OH is 1. The number of aromatic nitrogens is 2. The largest absolute Gasteiger partial charge is 0.478 e. The van der Waals surface area contributed by atoms with Crippen LogP contribution in [0.1, 0.15) is 65.6 Å². The Morgan fingerprint density at radius 1 is 1.33 bits per heavy atom. The van der Waals surface area contributed by atoms with E-state index in [9.17, 15) is 24.6 Å². The molecular formula is C23H31N3O6S. The van der Waals surface area contributed by atoms with Crippen LogP contribution in [0.3, 0.4) is 0 Å². The molecule has 3 heterocycles. The lowest BCUT2D eigenvalue weighted by Gasteiger charge is -2.37. The maximum absolute atomic E-state index is 12.9. The van der Waals surface area contributed by atoms with Crippen molar-refractivity contribution in [3.05, 3.63) is 49.8 Å². The van der Waals surface area contributed by atoms with Crippen LogP contribution in [0.2, 0.25) is 0 Å². The number of amides is 1. The van der Waals surface area contributed by atoms with E-state index < -0.39 is 23.7 Å². The first-order valence-electron chi connectivity index (χ1n) is 11.0. The van der Waals surface area contributed by atoms with Gasteiger partial charge in [-0.25, -0.2) is 14.6 Å². The van der Waals surface area contributed by atoms with Gasteiger partial charge in [0.2, 0.25) is 0 Å². The van der Waals surface area contributed by atoms with Crippen molar-refractivity contribution >= 4 is 23.4 Å². The molecule has 2 aromatic heterocycles. The van der Waals surface area contributed by atoms with Crippen molar-refractivity contribution in [3.8, 4) is 0 Å². The molecule has 0 aromatic carbocycles. The monoisotopic (exact) mass is 477 g/mol. The number of likely N-dealkylation sites (tertiary alicyclic amines) is 1. The van der Waals surface area contributed by atoms with E-state index in [0.29, 0.717) is 24.5 Å². The van der Waals surface area contributed by atoms with Gasteiger partial charge in [0.1, 0.15) is 10.6 Å². The fraction of sp³-hybridized carbons (Fsp3) is 0.565. The summed E-state index contributed by atoms with van der Waals surface area (Å²) < 4.78 is 6.97. The molecule has 33 heavy (non-hydrogen) atoms. The first-order chi connectivity index (χ1) is 15.5. The number of piperidine rings is 1. The highest BCUT2D eigenvalue weighted by atomic mass is 32.1. The van der Waals surface area contributed by atoms with Crippen LogP contribution in [-0.4, -0.2) is 62.0 Å². The van der Waals surface area contributed by atoms with E-state index in [4.69, 9.17) is 9.72 Å². The highest BCUT2D eigenvalue weighted by Gasteiger charge is 2.35. The molecule has 0 spiro atoms. The molecule has 0 unspecified atom stereocenters. The Balaban J connectivity index is 2.03. The van der Waals surface area contributed by atoms with Gasteiger partial charge in [-0.1, -0.05) is 0 Å². The Hall–Kier alpha value is -2.72. The van der Waals surface area contributed by atoms with Gasteiger partial charge in [-0.15, -0.1) is 11.3 Å². The number of hydrogen-bond acceptors (Lipinski definition) is 7. The van der Waals surface area contributed by atoms with Crippen molar-refractivity contribution in [3.63, 3.8) is 0 Å². The predicted molar refractivity (Wildman–Crippen MR) is 124 cm³/mol. The van der Waals surface area contributed by atoms with E-state index in [1.807, 2.05) is 27.7 Å². The number of aromatic carboxylic acids is 1. The van der Waals surface area contributed by atoms with E-state index in [-0.39, 0.29) is 23.6 Å². The Kier molecular flexibility index (Phi) is 7.58. The van der Waals surface area contributed by atoms with Crippen molar-refractivity contribution in [2.45, 2.75) is 58.6 Å². The summed E-state index contributed by atoms with van der Waals surface area (Å²) in [5.74, 6) is -1.29. The van der Waals surface area contributed by atoms with Crippen molar-refractivity contribution in [1.82, 2.24) is 14.5 Å². The zero-order chi connectivity index (χ0) is 24.3. The van der Waals surface area contributed by atoms with Crippen LogP contribution in [0.4, 0.5) is 4.79 Å². The van der Waals surface area contributed by atoms with Gasteiger partial charge in [-0.3, -0.25) is 4.79 Å². The summed E-state index contributed by atoms with van der Waals surface area (Å²) in [4.78, 5) is 44.4. The highest BCUT2D eigenvalue weighted by Crippen LogP contribution is 2.36. The average molecular weight is 478 g/mol. The fourth-order valence-electron chi connectivity index (χ4n) is 4.07. The number of carbonyl (C=O) groups is 2. The molecular weight excluding hydrogens is 446 g/mol. The number of hydrogen-bond donors (Lipinski definition) is 2. The Morgan fingerprint density at radius 2 is 2.06 bits per heavy atom. The van der Waals surface area contributed by atoms with Crippen molar-refractivity contribution in [1.29, 1.82) is 0 Å². The number of carboxylic acid groups (broad SMARTS) is 1. The van der Waals surface area contributed by atoms with Crippen molar-refractivity contribution < 1.29 is 24.5 Å². The summed E-state index contributed by atoms with van der Waals surface area (Å²) in [6, 6.07) is 1.99. The van der Waals surface area contributed by atoms with E-state index in [0.717, 1.165) is 23.4 Å². The average Bonchev–Trinajstić information content (AvgIpc) is 3.08. The molecule has 1 fully saturated rings. The Morgan fingerprint density at radius 3 is 2.70 bits per heavy atom. The summed E-state index contributed by atoms with van der Waals surface area (Å²) in [6.45, 7) is 8.18. The molecule has 0 aliphatic carbocycles. The first-order valence-corrected chi connectivity index (χ1v) is 11.8. The number of ether oxygens (including phenoxy) is 1. The third-order valence-corrected chi connectivity index (χ3v) is 6.83. The maximum atomic E-state index is 12.9. The van der Waals surface area contributed by atoms with E-state index >= 15 is 0 Å². The van der Waals surface area contributed by atoms with Crippen molar-refractivity contribution in [2.75, 3.05) is 19.7 Å². The molecule has 1 amide bonds. The first kappa shape index (κ1) is 24.9. The van der Waals surface area contributed by atoms with Crippen LogP contribution in [0, 0.1) is 12.8 Å². The smallest absolute Gasteiger partial charge is 0.410 e. The minimum atomic E-state index is -1.13. The Bertz CT molecular complexity index is 1070. The second-order valence-electron chi connectivity index (χ2n) is 9.28.